The predicted octanol–water partition coefficient (Wildman–Crippen LogP) is 3.19. The van der Waals surface area contributed by atoms with Crippen molar-refractivity contribution in [3.63, 3.8) is 0 Å². The average molecular weight is 347 g/mol. The molecule has 5 aliphatic rings. The van der Waals surface area contributed by atoms with Crippen LogP contribution in [0.3, 0.4) is 0 Å². The molecular weight excluding hydrogens is 324 g/mol. The van der Waals surface area contributed by atoms with E-state index in [1.54, 1.807) is 0 Å². The van der Waals surface area contributed by atoms with Crippen LogP contribution in [0, 0.1) is 0 Å². The van der Waals surface area contributed by atoms with Gasteiger partial charge in [0.25, 0.3) is 0 Å². The third kappa shape index (κ3) is 2.12. The van der Waals surface area contributed by atoms with Crippen LogP contribution in [0.4, 0.5) is 0 Å². The van der Waals surface area contributed by atoms with E-state index in [0.717, 1.165) is 33.1 Å². The smallest absolute Gasteiger partial charge is 0.0446 e. The first kappa shape index (κ1) is 13.7. The minimum absolute atomic E-state index is 0.888. The Bertz CT molecular complexity index is 359. The number of nitrogens with zero attached hydrogens (tertiary/aromatic N) is 2. The van der Waals surface area contributed by atoms with Gasteiger partial charge in [-0.1, -0.05) is 43.2 Å². The Morgan fingerprint density at radius 3 is 1.65 bits per heavy atom. The van der Waals surface area contributed by atoms with Gasteiger partial charge >= 0.3 is 0 Å². The highest BCUT2D eigenvalue weighted by atomic mass is 33.1. The standard InChI is InChI=1S/C14H22N2S4/c1-3-9-13-11(7-15(9)5-1)17-18-12-8-16-6-2-4-10(16)14(12)20-19-13/h9-14H,1-8H2/t9-,10-,11-,12-,13-,14-/m1/s1. The molecule has 0 saturated carbocycles. The lowest BCUT2D eigenvalue weighted by molar-refractivity contribution is 0.327. The van der Waals surface area contributed by atoms with E-state index < -0.39 is 0 Å². The van der Waals surface area contributed by atoms with E-state index >= 15 is 0 Å². The third-order valence-corrected chi connectivity index (χ3v) is 12.9. The summed E-state index contributed by atoms with van der Waals surface area (Å²) >= 11 is 0. The fourth-order valence-corrected chi connectivity index (χ4v) is 13.5. The molecule has 0 aromatic heterocycles. The summed E-state index contributed by atoms with van der Waals surface area (Å²) in [5.74, 6) is 0. The molecule has 0 N–H and O–H groups in total. The van der Waals surface area contributed by atoms with Gasteiger partial charge in [0.1, 0.15) is 0 Å². The van der Waals surface area contributed by atoms with Gasteiger partial charge in [-0.25, -0.2) is 0 Å². The van der Waals surface area contributed by atoms with Crippen LogP contribution in [-0.4, -0.2) is 69.1 Å². The van der Waals surface area contributed by atoms with Crippen molar-refractivity contribution in [3.8, 4) is 0 Å². The number of fused-ring (bicyclic) bond motifs is 6. The molecule has 6 atom stereocenters. The maximum Gasteiger partial charge on any atom is 0.0446 e. The van der Waals surface area contributed by atoms with Crippen molar-refractivity contribution < 1.29 is 0 Å². The quantitative estimate of drug-likeness (QED) is 0.617. The molecule has 0 aromatic carbocycles. The largest absolute Gasteiger partial charge is 0.298 e. The van der Waals surface area contributed by atoms with Crippen LogP contribution >= 0.6 is 43.2 Å². The summed E-state index contributed by atoms with van der Waals surface area (Å²) in [4.78, 5) is 5.58. The van der Waals surface area contributed by atoms with Crippen LogP contribution in [0.25, 0.3) is 0 Å². The molecule has 5 fully saturated rings. The monoisotopic (exact) mass is 346 g/mol. The molecule has 0 amide bonds. The molecule has 0 aromatic rings. The van der Waals surface area contributed by atoms with Gasteiger partial charge < -0.3 is 0 Å². The van der Waals surface area contributed by atoms with Gasteiger partial charge in [-0.15, -0.1) is 0 Å². The first-order valence-corrected chi connectivity index (χ1v) is 12.6. The van der Waals surface area contributed by atoms with Crippen LogP contribution in [0.15, 0.2) is 0 Å². The van der Waals surface area contributed by atoms with Crippen molar-refractivity contribution in [2.24, 2.45) is 0 Å². The Hall–Kier alpha value is 1.32. The van der Waals surface area contributed by atoms with E-state index in [1.165, 1.54) is 51.9 Å². The summed E-state index contributed by atoms with van der Waals surface area (Å²) in [7, 11) is 9.08. The zero-order valence-corrected chi connectivity index (χ0v) is 14.9. The van der Waals surface area contributed by atoms with Crippen molar-refractivity contribution in [2.45, 2.75) is 58.8 Å². The van der Waals surface area contributed by atoms with Crippen LogP contribution in [0.5, 0.6) is 0 Å². The van der Waals surface area contributed by atoms with Crippen LogP contribution in [-0.2, 0) is 0 Å². The van der Waals surface area contributed by atoms with Crippen molar-refractivity contribution in [3.05, 3.63) is 0 Å². The first-order chi connectivity index (χ1) is 9.90. The van der Waals surface area contributed by atoms with Crippen LogP contribution < -0.4 is 0 Å². The average Bonchev–Trinajstić information content (AvgIpc) is 3.12. The molecule has 6 heteroatoms. The summed E-state index contributed by atoms with van der Waals surface area (Å²) in [6, 6.07) is 1.81. The topological polar surface area (TPSA) is 6.48 Å². The van der Waals surface area contributed by atoms with Gasteiger partial charge in [-0.3, -0.25) is 9.80 Å². The fourth-order valence-electron chi connectivity index (χ4n) is 4.76. The van der Waals surface area contributed by atoms with Crippen molar-refractivity contribution in [1.82, 2.24) is 9.80 Å². The fraction of sp³-hybridized carbons (Fsp3) is 1.00. The number of hydrogen-bond donors (Lipinski definition) is 0. The molecule has 5 aliphatic heterocycles. The summed E-state index contributed by atoms with van der Waals surface area (Å²) < 4.78 is 0. The SMILES string of the molecule is C1C[C@@H]2[C@H]3SS[C@@H]4[C@H]5CCCN5C[C@H]4SS[C@@H]3CN2C1. The van der Waals surface area contributed by atoms with Gasteiger partial charge in [0.2, 0.25) is 0 Å². The van der Waals surface area contributed by atoms with Gasteiger partial charge in [0, 0.05) is 46.2 Å². The van der Waals surface area contributed by atoms with Crippen molar-refractivity contribution >= 4 is 43.2 Å². The lowest BCUT2D eigenvalue weighted by atomic mass is 10.1. The van der Waals surface area contributed by atoms with Crippen molar-refractivity contribution in [1.29, 1.82) is 0 Å². The highest BCUT2D eigenvalue weighted by Crippen LogP contribution is 2.56. The minimum Gasteiger partial charge on any atom is -0.298 e. The molecular formula is C14H22N2S4. The highest BCUT2D eigenvalue weighted by Gasteiger charge is 2.51. The van der Waals surface area contributed by atoms with E-state index in [2.05, 4.69) is 53.0 Å². The summed E-state index contributed by atoms with van der Waals surface area (Å²) in [6.45, 7) is 5.48. The molecule has 5 saturated heterocycles. The first-order valence-electron chi connectivity index (χ1n) is 8.02. The van der Waals surface area contributed by atoms with Crippen molar-refractivity contribution in [2.75, 3.05) is 26.2 Å². The zero-order chi connectivity index (χ0) is 13.1. The van der Waals surface area contributed by atoms with Gasteiger partial charge in [-0.2, -0.15) is 0 Å². The zero-order valence-electron chi connectivity index (χ0n) is 11.6. The second kappa shape index (κ2) is 5.45. The van der Waals surface area contributed by atoms with Crippen LogP contribution in [0.1, 0.15) is 25.7 Å². The Morgan fingerprint density at radius 1 is 0.650 bits per heavy atom. The predicted molar refractivity (Wildman–Crippen MR) is 94.7 cm³/mol. The molecule has 0 radical (unpaired) electrons. The summed E-state index contributed by atoms with van der Waals surface area (Å²) in [5.41, 5.74) is 0. The minimum atomic E-state index is 0.888. The van der Waals surface area contributed by atoms with E-state index in [-0.39, 0.29) is 0 Å². The van der Waals surface area contributed by atoms with Gasteiger partial charge in [0.05, 0.1) is 0 Å². The normalized spacial score (nSPS) is 52.2. The molecule has 5 rings (SSSR count). The van der Waals surface area contributed by atoms with E-state index in [4.69, 9.17) is 0 Å². The van der Waals surface area contributed by atoms with E-state index in [0.29, 0.717) is 0 Å². The molecule has 112 valence electrons. The molecule has 20 heavy (non-hydrogen) atoms. The highest BCUT2D eigenvalue weighted by molar-refractivity contribution is 8.80. The Balaban J connectivity index is 1.35. The number of rotatable bonds is 0. The molecule has 0 unspecified atom stereocenters. The lowest BCUT2D eigenvalue weighted by Crippen LogP contribution is -2.31. The second-order valence-electron chi connectivity index (χ2n) is 6.80. The third-order valence-electron chi connectivity index (χ3n) is 5.73. The van der Waals surface area contributed by atoms with Gasteiger partial charge in [0.15, 0.2) is 0 Å². The van der Waals surface area contributed by atoms with E-state index in [9.17, 15) is 0 Å². The summed E-state index contributed by atoms with van der Waals surface area (Å²) in [5, 5.41) is 3.58. The van der Waals surface area contributed by atoms with E-state index in [1.807, 2.05) is 0 Å². The lowest BCUT2D eigenvalue weighted by Gasteiger charge is -2.30. The molecule has 0 bridgehead atoms. The Morgan fingerprint density at radius 2 is 1.15 bits per heavy atom. The molecule has 0 spiro atoms. The maximum atomic E-state index is 2.79. The number of hydrogen-bond acceptors (Lipinski definition) is 6. The molecule has 5 heterocycles. The second-order valence-corrected chi connectivity index (χ2v) is 12.2. The van der Waals surface area contributed by atoms with Gasteiger partial charge in [-0.05, 0) is 38.8 Å². The van der Waals surface area contributed by atoms with Crippen LogP contribution in [0.2, 0.25) is 0 Å². The Labute approximate surface area is 137 Å². The Kier molecular flexibility index (Phi) is 3.74. The maximum absolute atomic E-state index is 2.79. The molecule has 0 aliphatic carbocycles. The molecule has 2 nitrogen and oxygen atoms in total. The summed E-state index contributed by atoms with van der Waals surface area (Å²) in [6.07, 6.45) is 5.81.